The van der Waals surface area contributed by atoms with Gasteiger partial charge in [0.25, 0.3) is 0 Å². The standard InChI is InChI=1S/C73H128O6/c1-4-7-10-13-16-19-22-24-26-28-29-30-31-32-33-34-35-36-37-38-39-40-41-42-43-44-45-46-48-49-51-54-57-60-63-66-72(75)78-69-70(68-77-71(74)65-62-59-56-53-21-18-15-12-9-6-3)79-73(76)67-64-61-58-55-52-50-47-27-25-23-20-17-14-11-8-5-2/h7,10,16,19,24,26,29-30,32-33,35-36,38-39,70H,4-6,8-9,11-15,17-18,20-23,25,27-28,31,34,37,40-69H2,1-3H3/b10-7-,19-16-,26-24-,30-29-,33-32-,36-35-,39-38-. The summed E-state index contributed by atoms with van der Waals surface area (Å²) in [5, 5.41) is 0. The molecule has 1 unspecified atom stereocenters. The fourth-order valence-corrected chi connectivity index (χ4v) is 9.84. The number of esters is 3. The zero-order valence-corrected chi connectivity index (χ0v) is 52.4. The van der Waals surface area contributed by atoms with Gasteiger partial charge in [-0.2, -0.15) is 0 Å². The number of carbonyl (C=O) groups is 3. The molecule has 0 aromatic rings. The fourth-order valence-electron chi connectivity index (χ4n) is 9.84. The number of allylic oxidation sites excluding steroid dienone is 14. The van der Waals surface area contributed by atoms with Crippen molar-refractivity contribution in [1.82, 2.24) is 0 Å². The van der Waals surface area contributed by atoms with Crippen LogP contribution < -0.4 is 0 Å². The second kappa shape index (κ2) is 67.1. The minimum absolute atomic E-state index is 0.0697. The van der Waals surface area contributed by atoms with E-state index >= 15 is 0 Å². The van der Waals surface area contributed by atoms with E-state index in [1.807, 2.05) is 0 Å². The third-order valence-electron chi connectivity index (χ3n) is 14.9. The van der Waals surface area contributed by atoms with E-state index in [2.05, 4.69) is 106 Å². The van der Waals surface area contributed by atoms with Gasteiger partial charge in [-0.1, -0.05) is 331 Å². The van der Waals surface area contributed by atoms with Crippen LogP contribution in [0, 0.1) is 0 Å². The molecule has 0 spiro atoms. The molecular weight excluding hydrogens is 973 g/mol. The van der Waals surface area contributed by atoms with Gasteiger partial charge in [0.2, 0.25) is 0 Å². The van der Waals surface area contributed by atoms with Gasteiger partial charge in [-0.3, -0.25) is 14.4 Å². The summed E-state index contributed by atoms with van der Waals surface area (Å²) in [5.74, 6) is -0.854. The second-order valence-electron chi connectivity index (χ2n) is 22.7. The fraction of sp³-hybridized carbons (Fsp3) is 0.767. The minimum atomic E-state index is -0.771. The lowest BCUT2D eigenvalue weighted by Crippen LogP contribution is -2.30. The lowest BCUT2D eigenvalue weighted by atomic mass is 10.0. The number of hydrogen-bond acceptors (Lipinski definition) is 6. The Bertz CT molecular complexity index is 1500. The van der Waals surface area contributed by atoms with E-state index in [0.29, 0.717) is 19.3 Å². The van der Waals surface area contributed by atoms with Gasteiger partial charge >= 0.3 is 17.9 Å². The maximum absolute atomic E-state index is 12.9. The van der Waals surface area contributed by atoms with Gasteiger partial charge in [-0.15, -0.1) is 0 Å². The van der Waals surface area contributed by atoms with Crippen LogP contribution in [0.15, 0.2) is 85.1 Å². The first kappa shape index (κ1) is 75.6. The van der Waals surface area contributed by atoms with Gasteiger partial charge in [0.05, 0.1) is 0 Å². The monoisotopic (exact) mass is 1100 g/mol. The van der Waals surface area contributed by atoms with Crippen molar-refractivity contribution in [3.63, 3.8) is 0 Å². The summed E-state index contributed by atoms with van der Waals surface area (Å²) in [4.78, 5) is 38.2. The van der Waals surface area contributed by atoms with Gasteiger partial charge in [-0.05, 0) is 77.0 Å². The Labute approximate surface area is 490 Å². The number of carbonyl (C=O) groups excluding carboxylic acids is 3. The molecule has 0 aliphatic heterocycles. The van der Waals surface area contributed by atoms with E-state index in [0.717, 1.165) is 103 Å². The third-order valence-corrected chi connectivity index (χ3v) is 14.9. The van der Waals surface area contributed by atoms with Crippen molar-refractivity contribution in [3.05, 3.63) is 85.1 Å². The third kappa shape index (κ3) is 65.3. The van der Waals surface area contributed by atoms with Gasteiger partial charge in [0.15, 0.2) is 6.10 Å². The summed E-state index contributed by atoms with van der Waals surface area (Å²) in [5.41, 5.74) is 0. The Hall–Kier alpha value is -3.41. The molecule has 6 heteroatoms. The molecule has 0 N–H and O–H groups in total. The van der Waals surface area contributed by atoms with Crippen molar-refractivity contribution in [3.8, 4) is 0 Å². The van der Waals surface area contributed by atoms with Crippen molar-refractivity contribution in [2.75, 3.05) is 13.2 Å². The maximum atomic E-state index is 12.9. The predicted molar refractivity (Wildman–Crippen MR) is 344 cm³/mol. The SMILES string of the molecule is CC/C=C\C/C=C\C/C=C\C/C=C\C/C=C\C/C=C\C/C=C\CCCCCCCCCCCCCCCC(=O)OCC(COC(=O)CCCCCCCCCCCC)OC(=O)CCCCCCCCCCCCCCCCCC. The first-order valence-corrected chi connectivity index (χ1v) is 34.1. The summed E-state index contributed by atoms with van der Waals surface area (Å²) in [6.45, 7) is 6.56. The average Bonchev–Trinajstić information content (AvgIpc) is 3.45. The Kier molecular flexibility index (Phi) is 64.2. The Morgan fingerprint density at radius 3 is 0.772 bits per heavy atom. The smallest absolute Gasteiger partial charge is 0.306 e. The molecule has 79 heavy (non-hydrogen) atoms. The largest absolute Gasteiger partial charge is 0.462 e. The van der Waals surface area contributed by atoms with Crippen LogP contribution in [0.25, 0.3) is 0 Å². The van der Waals surface area contributed by atoms with E-state index in [1.54, 1.807) is 0 Å². The first-order chi connectivity index (χ1) is 39.0. The normalized spacial score (nSPS) is 12.6. The molecule has 0 saturated carbocycles. The number of hydrogen-bond donors (Lipinski definition) is 0. The topological polar surface area (TPSA) is 78.9 Å². The van der Waals surface area contributed by atoms with Crippen molar-refractivity contribution in [2.24, 2.45) is 0 Å². The van der Waals surface area contributed by atoms with Crippen LogP contribution in [-0.4, -0.2) is 37.2 Å². The quantitative estimate of drug-likeness (QED) is 0.0261. The summed E-state index contributed by atoms with van der Waals surface area (Å²) in [6, 6.07) is 0. The van der Waals surface area contributed by atoms with Gasteiger partial charge in [0.1, 0.15) is 13.2 Å². The van der Waals surface area contributed by atoms with E-state index in [1.165, 1.54) is 199 Å². The van der Waals surface area contributed by atoms with Gasteiger partial charge in [0, 0.05) is 19.3 Å². The molecule has 6 nitrogen and oxygen atoms in total. The van der Waals surface area contributed by atoms with Crippen LogP contribution in [-0.2, 0) is 28.6 Å². The van der Waals surface area contributed by atoms with Crippen molar-refractivity contribution in [1.29, 1.82) is 0 Å². The van der Waals surface area contributed by atoms with E-state index in [4.69, 9.17) is 14.2 Å². The molecule has 0 bridgehead atoms. The van der Waals surface area contributed by atoms with Gasteiger partial charge in [-0.25, -0.2) is 0 Å². The first-order valence-electron chi connectivity index (χ1n) is 34.1. The van der Waals surface area contributed by atoms with Crippen LogP contribution >= 0.6 is 0 Å². The lowest BCUT2D eigenvalue weighted by molar-refractivity contribution is -0.167. The number of ether oxygens (including phenoxy) is 3. The molecular formula is C73H128O6. The average molecular weight is 1100 g/mol. The molecule has 0 amide bonds. The number of rotatable bonds is 62. The molecule has 456 valence electrons. The van der Waals surface area contributed by atoms with Crippen LogP contribution in [0.2, 0.25) is 0 Å². The summed E-state index contributed by atoms with van der Waals surface area (Å²) in [6.07, 6.45) is 89.0. The molecule has 1 atom stereocenters. The summed E-state index contributed by atoms with van der Waals surface area (Å²) >= 11 is 0. The van der Waals surface area contributed by atoms with Crippen LogP contribution in [0.3, 0.4) is 0 Å². The Morgan fingerprint density at radius 1 is 0.266 bits per heavy atom. The maximum Gasteiger partial charge on any atom is 0.306 e. The molecule has 0 aliphatic carbocycles. The predicted octanol–water partition coefficient (Wildman–Crippen LogP) is 23.4. The van der Waals surface area contributed by atoms with Crippen molar-refractivity contribution in [2.45, 2.75) is 348 Å². The van der Waals surface area contributed by atoms with Crippen LogP contribution in [0.1, 0.15) is 342 Å². The van der Waals surface area contributed by atoms with Crippen LogP contribution in [0.5, 0.6) is 0 Å². The van der Waals surface area contributed by atoms with E-state index < -0.39 is 6.10 Å². The summed E-state index contributed by atoms with van der Waals surface area (Å²) in [7, 11) is 0. The van der Waals surface area contributed by atoms with Crippen molar-refractivity contribution < 1.29 is 28.6 Å². The molecule has 0 radical (unpaired) electrons. The highest BCUT2D eigenvalue weighted by Crippen LogP contribution is 2.17. The molecule has 0 aliphatic rings. The lowest BCUT2D eigenvalue weighted by Gasteiger charge is -2.18. The highest BCUT2D eigenvalue weighted by Gasteiger charge is 2.19. The molecule has 0 saturated heterocycles. The van der Waals surface area contributed by atoms with Crippen LogP contribution in [0.4, 0.5) is 0 Å². The minimum Gasteiger partial charge on any atom is -0.462 e. The zero-order chi connectivity index (χ0) is 57.1. The van der Waals surface area contributed by atoms with Gasteiger partial charge < -0.3 is 14.2 Å². The van der Waals surface area contributed by atoms with Crippen molar-refractivity contribution >= 4 is 17.9 Å². The molecule has 0 heterocycles. The van der Waals surface area contributed by atoms with E-state index in [-0.39, 0.29) is 31.1 Å². The number of unbranched alkanes of at least 4 members (excludes halogenated alkanes) is 37. The van der Waals surface area contributed by atoms with E-state index in [9.17, 15) is 14.4 Å². The Balaban J connectivity index is 4.10. The zero-order valence-electron chi connectivity index (χ0n) is 52.4. The summed E-state index contributed by atoms with van der Waals surface area (Å²) < 4.78 is 16.9. The molecule has 0 aromatic heterocycles. The Morgan fingerprint density at radius 2 is 0.494 bits per heavy atom. The highest BCUT2D eigenvalue weighted by molar-refractivity contribution is 5.71. The molecule has 0 fully saturated rings. The molecule has 0 aromatic carbocycles. The highest BCUT2D eigenvalue weighted by atomic mass is 16.6. The second-order valence-corrected chi connectivity index (χ2v) is 22.7. The molecule has 0 rings (SSSR count).